The molecule has 0 aliphatic carbocycles. The third-order valence-electron chi connectivity index (χ3n) is 2.95. The predicted octanol–water partition coefficient (Wildman–Crippen LogP) is 4.23. The molecular formula is C16H22N2OS. The molecule has 0 saturated heterocycles. The number of hydrogen-bond acceptors (Lipinski definition) is 4. The van der Waals surface area contributed by atoms with Gasteiger partial charge in [-0.15, -0.1) is 11.3 Å². The lowest BCUT2D eigenvalue weighted by atomic mass is 10.1. The molecule has 2 aromatic rings. The van der Waals surface area contributed by atoms with Crippen molar-refractivity contribution in [1.82, 2.24) is 4.98 Å². The van der Waals surface area contributed by atoms with Gasteiger partial charge < -0.3 is 10.5 Å². The fourth-order valence-corrected chi connectivity index (χ4v) is 2.90. The zero-order chi connectivity index (χ0) is 14.7. The van der Waals surface area contributed by atoms with Gasteiger partial charge in [-0.25, -0.2) is 4.98 Å². The smallest absolute Gasteiger partial charge is 0.142 e. The topological polar surface area (TPSA) is 48.1 Å². The highest BCUT2D eigenvalue weighted by Gasteiger charge is 2.08. The maximum atomic E-state index is 6.03. The van der Waals surface area contributed by atoms with Gasteiger partial charge in [0.1, 0.15) is 5.75 Å². The molecule has 0 fully saturated rings. The average Bonchev–Trinajstić information content (AvgIpc) is 2.81. The van der Waals surface area contributed by atoms with Crippen LogP contribution in [0.2, 0.25) is 0 Å². The normalized spacial score (nSPS) is 11.3. The van der Waals surface area contributed by atoms with E-state index in [1.54, 1.807) is 11.3 Å². The van der Waals surface area contributed by atoms with Crippen molar-refractivity contribution in [2.75, 3.05) is 5.73 Å². The van der Waals surface area contributed by atoms with Crippen LogP contribution in [0.5, 0.6) is 5.75 Å². The van der Waals surface area contributed by atoms with Gasteiger partial charge >= 0.3 is 0 Å². The van der Waals surface area contributed by atoms with Crippen LogP contribution in [0.1, 0.15) is 49.9 Å². The highest BCUT2D eigenvalue weighted by Crippen LogP contribution is 2.26. The number of hydrogen-bond donors (Lipinski definition) is 1. The number of rotatable bonds is 5. The van der Waals surface area contributed by atoms with Gasteiger partial charge in [0, 0.05) is 11.8 Å². The third-order valence-corrected chi connectivity index (χ3v) is 3.82. The molecule has 0 spiro atoms. The van der Waals surface area contributed by atoms with Gasteiger partial charge in [0.15, 0.2) is 0 Å². The maximum Gasteiger partial charge on any atom is 0.142 e. The molecule has 0 amide bonds. The van der Waals surface area contributed by atoms with Crippen molar-refractivity contribution in [2.45, 2.75) is 46.1 Å². The highest BCUT2D eigenvalue weighted by molar-refractivity contribution is 7.09. The number of nitrogen functional groups attached to an aromatic ring is 1. The molecule has 20 heavy (non-hydrogen) atoms. The monoisotopic (exact) mass is 290 g/mol. The highest BCUT2D eigenvalue weighted by atomic mass is 32.1. The van der Waals surface area contributed by atoms with Crippen LogP contribution >= 0.6 is 11.3 Å². The van der Waals surface area contributed by atoms with Gasteiger partial charge in [-0.2, -0.15) is 0 Å². The number of thiazole rings is 1. The summed E-state index contributed by atoms with van der Waals surface area (Å²) in [6.07, 6.45) is 0.958. The summed E-state index contributed by atoms with van der Waals surface area (Å²) in [5.41, 5.74) is 9.06. The molecule has 0 bridgehead atoms. The lowest BCUT2D eigenvalue weighted by molar-refractivity contribution is 0.244. The van der Waals surface area contributed by atoms with E-state index in [0.717, 1.165) is 22.9 Å². The minimum absolute atomic E-state index is 0.135. The zero-order valence-corrected chi connectivity index (χ0v) is 13.3. The Labute approximate surface area is 124 Å². The third kappa shape index (κ3) is 3.73. The summed E-state index contributed by atoms with van der Waals surface area (Å²) in [5, 5.41) is 3.27. The van der Waals surface area contributed by atoms with Crippen molar-refractivity contribution in [3.8, 4) is 5.75 Å². The second kappa shape index (κ2) is 6.27. The molecule has 0 radical (unpaired) electrons. The largest absolute Gasteiger partial charge is 0.489 e. The summed E-state index contributed by atoms with van der Waals surface area (Å²) in [7, 11) is 0. The summed E-state index contributed by atoms with van der Waals surface area (Å²) in [5.74, 6) is 1.23. The van der Waals surface area contributed by atoms with Gasteiger partial charge in [-0.1, -0.05) is 19.9 Å². The molecule has 108 valence electrons. The minimum atomic E-state index is 0.135. The van der Waals surface area contributed by atoms with Crippen LogP contribution in [-0.4, -0.2) is 11.1 Å². The molecule has 0 saturated carbocycles. The summed E-state index contributed by atoms with van der Waals surface area (Å²) in [6.45, 7) is 8.32. The van der Waals surface area contributed by atoms with Gasteiger partial charge in [-0.05, 0) is 37.5 Å². The van der Waals surface area contributed by atoms with Crippen LogP contribution in [0.15, 0.2) is 23.6 Å². The second-order valence-corrected chi connectivity index (χ2v) is 6.48. The first-order chi connectivity index (χ1) is 9.45. The van der Waals surface area contributed by atoms with E-state index in [2.05, 4.69) is 30.3 Å². The number of ether oxygens (including phenoxy) is 1. The van der Waals surface area contributed by atoms with E-state index in [1.807, 2.05) is 26.0 Å². The number of anilines is 1. The molecule has 4 heteroatoms. The minimum Gasteiger partial charge on any atom is -0.489 e. The fraction of sp³-hybridized carbons (Fsp3) is 0.438. The van der Waals surface area contributed by atoms with Gasteiger partial charge in [0.2, 0.25) is 0 Å². The Morgan fingerprint density at radius 2 is 2.00 bits per heavy atom. The van der Waals surface area contributed by atoms with E-state index in [1.165, 1.54) is 5.56 Å². The molecule has 1 aromatic heterocycles. The molecule has 2 rings (SSSR count). The van der Waals surface area contributed by atoms with Crippen LogP contribution in [0, 0.1) is 0 Å². The maximum absolute atomic E-state index is 6.03. The lowest BCUT2D eigenvalue weighted by Gasteiger charge is -2.12. The summed E-state index contributed by atoms with van der Waals surface area (Å²) in [6, 6.07) is 5.99. The van der Waals surface area contributed by atoms with Crippen molar-refractivity contribution in [3.63, 3.8) is 0 Å². The first kappa shape index (κ1) is 14.9. The number of nitrogens with two attached hydrogens (primary N) is 1. The Morgan fingerprint density at radius 3 is 2.55 bits per heavy atom. The second-order valence-electron chi connectivity index (χ2n) is 5.54. The Hall–Kier alpha value is -1.55. The molecule has 0 aliphatic heterocycles. The number of nitrogens with zero attached hydrogens (tertiary/aromatic N) is 1. The summed E-state index contributed by atoms with van der Waals surface area (Å²) >= 11 is 1.71. The van der Waals surface area contributed by atoms with Crippen LogP contribution < -0.4 is 10.5 Å². The fourth-order valence-electron chi connectivity index (χ4n) is 1.92. The van der Waals surface area contributed by atoms with E-state index in [9.17, 15) is 0 Å². The van der Waals surface area contributed by atoms with E-state index >= 15 is 0 Å². The van der Waals surface area contributed by atoms with Crippen molar-refractivity contribution < 1.29 is 4.74 Å². The molecule has 0 aliphatic rings. The molecular weight excluding hydrogens is 268 g/mol. The molecule has 1 heterocycles. The van der Waals surface area contributed by atoms with Crippen molar-refractivity contribution >= 4 is 17.0 Å². The quantitative estimate of drug-likeness (QED) is 0.838. The number of aromatic nitrogens is 1. The zero-order valence-electron chi connectivity index (χ0n) is 12.5. The standard InChI is InChI=1S/C16H22N2OS/c1-10(2)14-9-20-16(18-14)8-12-5-6-15(13(17)7-12)19-11(3)4/h5-7,9-11H,8,17H2,1-4H3. The van der Waals surface area contributed by atoms with Crippen LogP contribution in [0.4, 0.5) is 5.69 Å². The van der Waals surface area contributed by atoms with E-state index in [-0.39, 0.29) is 6.10 Å². The molecule has 0 unspecified atom stereocenters. The molecule has 2 N–H and O–H groups in total. The average molecular weight is 290 g/mol. The summed E-state index contributed by atoms with van der Waals surface area (Å²) < 4.78 is 5.65. The Kier molecular flexibility index (Phi) is 4.65. The van der Waals surface area contributed by atoms with E-state index < -0.39 is 0 Å². The number of benzene rings is 1. The van der Waals surface area contributed by atoms with Gasteiger partial charge in [-0.3, -0.25) is 0 Å². The SMILES string of the molecule is CC(C)Oc1ccc(Cc2nc(C(C)C)cs2)cc1N. The van der Waals surface area contributed by atoms with Crippen molar-refractivity contribution in [2.24, 2.45) is 0 Å². The Balaban J connectivity index is 2.11. The van der Waals surface area contributed by atoms with Crippen LogP contribution in [-0.2, 0) is 6.42 Å². The van der Waals surface area contributed by atoms with Crippen molar-refractivity contribution in [3.05, 3.63) is 39.8 Å². The first-order valence-electron chi connectivity index (χ1n) is 6.95. The molecule has 3 nitrogen and oxygen atoms in total. The molecule has 1 aromatic carbocycles. The van der Waals surface area contributed by atoms with Gasteiger partial charge in [0.25, 0.3) is 0 Å². The van der Waals surface area contributed by atoms with E-state index in [4.69, 9.17) is 10.5 Å². The molecule has 0 atom stereocenters. The lowest BCUT2D eigenvalue weighted by Crippen LogP contribution is -2.07. The van der Waals surface area contributed by atoms with Crippen LogP contribution in [0.25, 0.3) is 0 Å². The summed E-state index contributed by atoms with van der Waals surface area (Å²) in [4.78, 5) is 4.65. The van der Waals surface area contributed by atoms with E-state index in [0.29, 0.717) is 11.6 Å². The van der Waals surface area contributed by atoms with Crippen molar-refractivity contribution in [1.29, 1.82) is 0 Å². The van der Waals surface area contributed by atoms with Crippen LogP contribution in [0.3, 0.4) is 0 Å². The first-order valence-corrected chi connectivity index (χ1v) is 7.83. The Morgan fingerprint density at radius 1 is 1.25 bits per heavy atom. The Bertz CT molecular complexity index is 576. The van der Waals surface area contributed by atoms with Gasteiger partial charge in [0.05, 0.1) is 22.5 Å². The predicted molar refractivity (Wildman–Crippen MR) is 85.6 cm³/mol.